The van der Waals surface area contributed by atoms with Gasteiger partial charge in [-0.05, 0) is 48.1 Å². The molecule has 6 heteroatoms. The highest BCUT2D eigenvalue weighted by atomic mass is 32.1. The molecule has 1 heterocycles. The average molecular weight is 424 g/mol. The van der Waals surface area contributed by atoms with Gasteiger partial charge in [-0.3, -0.25) is 4.79 Å². The molecule has 0 amide bonds. The number of pyridine rings is 1. The van der Waals surface area contributed by atoms with Crippen LogP contribution in [0.1, 0.15) is 16.7 Å². The summed E-state index contributed by atoms with van der Waals surface area (Å²) in [6.07, 6.45) is 0.906. The molecule has 3 N–H and O–H groups in total. The second kappa shape index (κ2) is 10.4. The third-order valence-corrected chi connectivity index (χ3v) is 5.63. The fourth-order valence-corrected chi connectivity index (χ4v) is 3.69. The number of hydrogen-bond donors (Lipinski definition) is 3. The third kappa shape index (κ3) is 5.90. The van der Waals surface area contributed by atoms with E-state index >= 15 is 0 Å². The van der Waals surface area contributed by atoms with Crippen LogP contribution in [0, 0.1) is 6.92 Å². The molecule has 0 saturated carbocycles. The molecule has 3 aromatic rings. The van der Waals surface area contributed by atoms with Crippen molar-refractivity contribution < 1.29 is 4.90 Å². The second-order valence-electron chi connectivity index (χ2n) is 8.01. The van der Waals surface area contributed by atoms with Gasteiger partial charge in [-0.2, -0.15) is 0 Å². The number of aryl methyl sites for hydroxylation is 1. The maximum Gasteiger partial charge on any atom is 0.253 e. The molecule has 0 aliphatic carbocycles. The molecule has 3 rings (SSSR count). The number of rotatable bonds is 8. The Morgan fingerprint density at radius 2 is 1.90 bits per heavy atom. The Bertz CT molecular complexity index is 1050. The van der Waals surface area contributed by atoms with Gasteiger partial charge in [0, 0.05) is 12.1 Å². The molecular formula is C24H31N4OS+. The Morgan fingerprint density at radius 1 is 1.13 bits per heavy atom. The zero-order valence-electron chi connectivity index (χ0n) is 18.0. The molecular weight excluding hydrogens is 392 g/mol. The Hall–Kier alpha value is -2.70. The van der Waals surface area contributed by atoms with Crippen molar-refractivity contribution in [3.8, 4) is 0 Å². The summed E-state index contributed by atoms with van der Waals surface area (Å²) in [7, 11) is 4.24. The van der Waals surface area contributed by atoms with E-state index in [2.05, 4.69) is 41.4 Å². The van der Waals surface area contributed by atoms with E-state index in [-0.39, 0.29) is 5.56 Å². The Morgan fingerprint density at radius 3 is 2.63 bits per heavy atom. The molecule has 0 bridgehead atoms. The van der Waals surface area contributed by atoms with E-state index in [1.54, 1.807) is 0 Å². The monoisotopic (exact) mass is 423 g/mol. The number of thiocarbonyl (C=S) groups is 1. The van der Waals surface area contributed by atoms with Crippen LogP contribution in [-0.4, -0.2) is 48.7 Å². The van der Waals surface area contributed by atoms with E-state index in [9.17, 15) is 4.79 Å². The van der Waals surface area contributed by atoms with Gasteiger partial charge in [0.1, 0.15) is 0 Å². The molecule has 0 unspecified atom stereocenters. The number of nitrogens with one attached hydrogen (secondary N) is 3. The topological polar surface area (TPSA) is 52.6 Å². The van der Waals surface area contributed by atoms with E-state index in [1.165, 1.54) is 10.5 Å². The standard InChI is InChI=1S/C24H30N4OS/c1-18-8-7-11-20-16-21(23(29)26-22(18)20)17-28(15-14-27(2)3)24(30)25-13-12-19-9-5-4-6-10-19/h4-11,16H,12-15,17H2,1-3H3,(H,25,30)(H,26,29)/p+1. The van der Waals surface area contributed by atoms with E-state index in [0.717, 1.165) is 48.1 Å². The van der Waals surface area contributed by atoms with E-state index < -0.39 is 0 Å². The number of likely N-dealkylation sites (N-methyl/N-ethyl adjacent to an activating group) is 1. The molecule has 0 radical (unpaired) electrons. The highest BCUT2D eigenvalue weighted by molar-refractivity contribution is 7.80. The summed E-state index contributed by atoms with van der Waals surface area (Å²) in [5.41, 5.74) is 3.93. The summed E-state index contributed by atoms with van der Waals surface area (Å²) >= 11 is 5.70. The molecule has 1 aromatic heterocycles. The van der Waals surface area contributed by atoms with Crippen LogP contribution < -0.4 is 15.8 Å². The minimum absolute atomic E-state index is 0.0499. The van der Waals surface area contributed by atoms with Gasteiger partial charge in [-0.15, -0.1) is 0 Å². The summed E-state index contributed by atoms with van der Waals surface area (Å²) < 4.78 is 0. The fraction of sp³-hybridized carbons (Fsp3) is 0.333. The summed E-state index contributed by atoms with van der Waals surface area (Å²) in [4.78, 5) is 19.2. The lowest BCUT2D eigenvalue weighted by molar-refractivity contribution is -0.857. The van der Waals surface area contributed by atoms with Crippen molar-refractivity contribution >= 4 is 28.2 Å². The SMILES string of the molecule is Cc1cccc2cc(CN(CC[NH+](C)C)C(=S)NCCc3ccccc3)c(=O)[nH]c12. The number of fused-ring (bicyclic) bond motifs is 1. The Labute approximate surface area is 183 Å². The predicted molar refractivity (Wildman–Crippen MR) is 128 cm³/mol. The number of hydrogen-bond acceptors (Lipinski definition) is 2. The van der Waals surface area contributed by atoms with Crippen LogP contribution in [0.2, 0.25) is 0 Å². The van der Waals surface area contributed by atoms with Crippen molar-refractivity contribution in [2.24, 2.45) is 0 Å². The van der Waals surface area contributed by atoms with Crippen LogP contribution in [-0.2, 0) is 13.0 Å². The third-order valence-electron chi connectivity index (χ3n) is 5.23. The largest absolute Gasteiger partial charge is 0.362 e. The van der Waals surface area contributed by atoms with Crippen LogP contribution in [0.25, 0.3) is 10.9 Å². The van der Waals surface area contributed by atoms with Crippen LogP contribution in [0.5, 0.6) is 0 Å². The second-order valence-corrected chi connectivity index (χ2v) is 8.40. The van der Waals surface area contributed by atoms with Crippen molar-refractivity contribution in [3.05, 3.63) is 81.6 Å². The van der Waals surface area contributed by atoms with Crippen molar-refractivity contribution in [1.82, 2.24) is 15.2 Å². The molecule has 0 fully saturated rings. The normalized spacial score (nSPS) is 11.1. The van der Waals surface area contributed by atoms with E-state index in [4.69, 9.17) is 12.2 Å². The Kier molecular flexibility index (Phi) is 7.60. The van der Waals surface area contributed by atoms with Crippen molar-refractivity contribution in [2.45, 2.75) is 19.9 Å². The number of H-pyrrole nitrogens is 1. The first-order valence-electron chi connectivity index (χ1n) is 10.4. The van der Waals surface area contributed by atoms with Gasteiger partial charge in [-0.1, -0.05) is 48.5 Å². The summed E-state index contributed by atoms with van der Waals surface area (Å²) in [5.74, 6) is 0. The van der Waals surface area contributed by atoms with Gasteiger partial charge in [0.05, 0.1) is 39.2 Å². The van der Waals surface area contributed by atoms with Crippen LogP contribution in [0.4, 0.5) is 0 Å². The molecule has 30 heavy (non-hydrogen) atoms. The van der Waals surface area contributed by atoms with Gasteiger partial charge < -0.3 is 20.1 Å². The zero-order chi connectivity index (χ0) is 21.5. The molecule has 0 aliphatic heterocycles. The first-order chi connectivity index (χ1) is 14.4. The fourth-order valence-electron chi connectivity index (χ4n) is 3.43. The molecule has 2 aromatic carbocycles. The number of benzene rings is 2. The molecule has 0 saturated heterocycles. The highest BCUT2D eigenvalue weighted by Gasteiger charge is 2.15. The first kappa shape index (κ1) is 22.0. The minimum Gasteiger partial charge on any atom is -0.362 e. The first-order valence-corrected chi connectivity index (χ1v) is 10.8. The number of para-hydroxylation sites is 1. The van der Waals surface area contributed by atoms with Crippen LogP contribution >= 0.6 is 12.2 Å². The van der Waals surface area contributed by atoms with E-state index in [0.29, 0.717) is 11.7 Å². The number of aromatic amines is 1. The molecule has 5 nitrogen and oxygen atoms in total. The summed E-state index contributed by atoms with van der Waals surface area (Å²) in [6, 6.07) is 18.4. The van der Waals surface area contributed by atoms with Gasteiger partial charge in [0.15, 0.2) is 5.11 Å². The van der Waals surface area contributed by atoms with Crippen molar-refractivity contribution in [3.63, 3.8) is 0 Å². The maximum absolute atomic E-state index is 12.7. The van der Waals surface area contributed by atoms with Gasteiger partial charge in [0.25, 0.3) is 5.56 Å². The molecule has 0 spiro atoms. The minimum atomic E-state index is -0.0499. The lowest BCUT2D eigenvalue weighted by Crippen LogP contribution is -3.06. The molecule has 0 aliphatic rings. The lowest BCUT2D eigenvalue weighted by atomic mass is 10.1. The maximum atomic E-state index is 12.7. The van der Waals surface area contributed by atoms with Crippen LogP contribution in [0.3, 0.4) is 0 Å². The molecule has 0 atom stereocenters. The smallest absolute Gasteiger partial charge is 0.253 e. The average Bonchev–Trinajstić information content (AvgIpc) is 2.72. The number of quaternary nitrogens is 1. The Balaban J connectivity index is 1.73. The van der Waals surface area contributed by atoms with Crippen molar-refractivity contribution in [2.75, 3.05) is 33.7 Å². The van der Waals surface area contributed by atoms with E-state index in [1.807, 2.05) is 49.4 Å². The summed E-state index contributed by atoms with van der Waals surface area (Å²) in [6.45, 7) is 4.98. The molecule has 158 valence electrons. The predicted octanol–water partition coefficient (Wildman–Crippen LogP) is 1.90. The lowest BCUT2D eigenvalue weighted by Gasteiger charge is -2.26. The van der Waals surface area contributed by atoms with Crippen LogP contribution in [0.15, 0.2) is 59.4 Å². The highest BCUT2D eigenvalue weighted by Crippen LogP contribution is 2.15. The quantitative estimate of drug-likeness (QED) is 0.485. The number of aromatic nitrogens is 1. The summed E-state index contributed by atoms with van der Waals surface area (Å²) in [5, 5.41) is 5.11. The van der Waals surface area contributed by atoms with Gasteiger partial charge >= 0.3 is 0 Å². The van der Waals surface area contributed by atoms with Gasteiger partial charge in [-0.25, -0.2) is 0 Å². The number of nitrogens with zero attached hydrogens (tertiary/aromatic N) is 1. The van der Waals surface area contributed by atoms with Gasteiger partial charge in [0.2, 0.25) is 0 Å². The zero-order valence-corrected chi connectivity index (χ0v) is 18.8. The van der Waals surface area contributed by atoms with Crippen molar-refractivity contribution in [1.29, 1.82) is 0 Å².